The Kier molecular flexibility index (Phi) is 6.79. The highest BCUT2D eigenvalue weighted by Crippen LogP contribution is 2.47. The van der Waals surface area contributed by atoms with Crippen LogP contribution in [0.15, 0.2) is 84.9 Å². The molecule has 0 saturated heterocycles. The monoisotopic (exact) mass is 412 g/mol. The van der Waals surface area contributed by atoms with Gasteiger partial charge in [-0.2, -0.15) is 0 Å². The number of ether oxygens (including phenoxy) is 1. The summed E-state index contributed by atoms with van der Waals surface area (Å²) in [6, 6.07) is 26.7. The van der Waals surface area contributed by atoms with Crippen molar-refractivity contribution < 1.29 is 14.6 Å². The number of thioether (sulfide) groups is 1. The van der Waals surface area contributed by atoms with Crippen LogP contribution >= 0.6 is 23.4 Å². The quantitative estimate of drug-likeness (QED) is 0.551. The summed E-state index contributed by atoms with van der Waals surface area (Å²) in [5, 5.41) is 11.7. The van der Waals surface area contributed by atoms with Gasteiger partial charge in [0.15, 0.2) is 6.10 Å². The molecule has 0 heterocycles. The van der Waals surface area contributed by atoms with Gasteiger partial charge in [-0.25, -0.2) is 4.79 Å². The van der Waals surface area contributed by atoms with E-state index >= 15 is 0 Å². The summed E-state index contributed by atoms with van der Waals surface area (Å²) in [7, 11) is 1.28. The van der Waals surface area contributed by atoms with E-state index in [2.05, 4.69) is 0 Å². The standard InChI is InChI=1S/C23H21ClO3S/c1-27-22(26)21(25)23(18-10-6-3-7-11-18,19-12-14-20(24)15-13-19)28-16-17-8-4-2-5-9-17/h2-15,21,25H,16H2,1H3/t21-,23-/m1/s1. The largest absolute Gasteiger partial charge is 0.467 e. The molecule has 5 heteroatoms. The molecule has 0 spiro atoms. The van der Waals surface area contributed by atoms with E-state index in [4.69, 9.17) is 16.3 Å². The Morgan fingerprint density at radius 2 is 1.50 bits per heavy atom. The Bertz CT molecular complexity index is 900. The maximum atomic E-state index is 12.5. The molecule has 0 aliphatic rings. The number of carbonyl (C=O) groups excluding carboxylic acids is 1. The Morgan fingerprint density at radius 1 is 0.964 bits per heavy atom. The number of esters is 1. The van der Waals surface area contributed by atoms with Crippen LogP contribution in [0.25, 0.3) is 0 Å². The first kappa shape index (κ1) is 20.5. The van der Waals surface area contributed by atoms with E-state index in [0.717, 1.165) is 16.7 Å². The molecule has 28 heavy (non-hydrogen) atoms. The average molecular weight is 413 g/mol. The molecule has 2 atom stereocenters. The second kappa shape index (κ2) is 9.28. The van der Waals surface area contributed by atoms with Crippen LogP contribution in [0.3, 0.4) is 0 Å². The number of hydrogen-bond donors (Lipinski definition) is 1. The molecule has 0 unspecified atom stereocenters. The molecule has 1 N–H and O–H groups in total. The van der Waals surface area contributed by atoms with Gasteiger partial charge in [-0.05, 0) is 28.8 Å². The van der Waals surface area contributed by atoms with Crippen molar-refractivity contribution in [2.75, 3.05) is 7.11 Å². The molecule has 0 saturated carbocycles. The van der Waals surface area contributed by atoms with Crippen LogP contribution in [0.4, 0.5) is 0 Å². The molecule has 0 amide bonds. The van der Waals surface area contributed by atoms with Crippen LogP contribution in [-0.4, -0.2) is 24.3 Å². The molecule has 0 bridgehead atoms. The van der Waals surface area contributed by atoms with Crippen LogP contribution in [0.1, 0.15) is 16.7 Å². The van der Waals surface area contributed by atoms with Crippen molar-refractivity contribution in [3.8, 4) is 0 Å². The third-order valence-electron chi connectivity index (χ3n) is 4.59. The van der Waals surface area contributed by atoms with Crippen molar-refractivity contribution in [1.82, 2.24) is 0 Å². The first-order valence-corrected chi connectivity index (χ1v) is 10.2. The topological polar surface area (TPSA) is 46.5 Å². The van der Waals surface area contributed by atoms with Crippen LogP contribution < -0.4 is 0 Å². The zero-order valence-corrected chi connectivity index (χ0v) is 17.0. The van der Waals surface area contributed by atoms with Crippen molar-refractivity contribution in [1.29, 1.82) is 0 Å². The fourth-order valence-corrected chi connectivity index (χ4v) is 4.73. The van der Waals surface area contributed by atoms with E-state index in [1.807, 2.05) is 72.8 Å². The summed E-state index contributed by atoms with van der Waals surface area (Å²) < 4.78 is 3.86. The fraction of sp³-hybridized carbons (Fsp3) is 0.174. The molecule has 0 aliphatic carbocycles. The second-order valence-electron chi connectivity index (χ2n) is 6.31. The minimum atomic E-state index is -1.39. The average Bonchev–Trinajstić information content (AvgIpc) is 2.76. The number of aliphatic hydroxyl groups is 1. The molecule has 0 aromatic heterocycles. The van der Waals surface area contributed by atoms with Gasteiger partial charge in [0, 0.05) is 10.8 Å². The van der Waals surface area contributed by atoms with E-state index in [9.17, 15) is 9.90 Å². The number of aliphatic hydroxyl groups excluding tert-OH is 1. The lowest BCUT2D eigenvalue weighted by Gasteiger charge is -2.37. The minimum absolute atomic E-state index is 0.589. The molecular formula is C23H21ClO3S. The van der Waals surface area contributed by atoms with Crippen LogP contribution in [0, 0.1) is 0 Å². The summed E-state index contributed by atoms with van der Waals surface area (Å²) >= 11 is 7.58. The Morgan fingerprint density at radius 3 is 2.07 bits per heavy atom. The van der Waals surface area contributed by atoms with Gasteiger partial charge < -0.3 is 9.84 Å². The van der Waals surface area contributed by atoms with E-state index in [1.165, 1.54) is 18.9 Å². The maximum absolute atomic E-state index is 12.5. The number of methoxy groups -OCH3 is 1. The third-order valence-corrected chi connectivity index (χ3v) is 6.47. The highest BCUT2D eigenvalue weighted by Gasteiger charge is 2.46. The predicted molar refractivity (Wildman–Crippen MR) is 114 cm³/mol. The van der Waals surface area contributed by atoms with Gasteiger partial charge in [-0.1, -0.05) is 84.4 Å². The Balaban J connectivity index is 2.15. The molecular weight excluding hydrogens is 392 g/mol. The SMILES string of the molecule is COC(=O)[C@@H](O)[C@@](SCc1ccccc1)(c1ccccc1)c1ccc(Cl)cc1. The van der Waals surface area contributed by atoms with Crippen molar-refractivity contribution in [2.24, 2.45) is 0 Å². The normalized spacial score (nSPS) is 14.1. The Hall–Kier alpha value is -2.27. The highest BCUT2D eigenvalue weighted by molar-refractivity contribution is 7.99. The number of carbonyl (C=O) groups is 1. The van der Waals surface area contributed by atoms with E-state index in [-0.39, 0.29) is 0 Å². The number of rotatable bonds is 7. The number of hydrogen-bond acceptors (Lipinski definition) is 4. The molecule has 3 nitrogen and oxygen atoms in total. The molecule has 3 aromatic rings. The van der Waals surface area contributed by atoms with Crippen molar-refractivity contribution in [2.45, 2.75) is 16.6 Å². The molecule has 3 aromatic carbocycles. The van der Waals surface area contributed by atoms with Gasteiger partial charge in [0.05, 0.1) is 7.11 Å². The lowest BCUT2D eigenvalue weighted by molar-refractivity contribution is -0.151. The molecule has 3 rings (SSSR count). The van der Waals surface area contributed by atoms with Crippen LogP contribution in [0.5, 0.6) is 0 Å². The summed E-state index contributed by atoms with van der Waals surface area (Å²) in [5.41, 5.74) is 2.69. The van der Waals surface area contributed by atoms with Gasteiger partial charge in [0.2, 0.25) is 0 Å². The molecule has 0 fully saturated rings. The molecule has 0 radical (unpaired) electrons. The Labute approximate surface area is 174 Å². The first-order valence-electron chi connectivity index (χ1n) is 8.83. The van der Waals surface area contributed by atoms with Crippen LogP contribution in [0.2, 0.25) is 5.02 Å². The number of halogens is 1. The van der Waals surface area contributed by atoms with Crippen molar-refractivity contribution >= 4 is 29.3 Å². The summed E-state index contributed by atoms with van der Waals surface area (Å²) in [4.78, 5) is 12.5. The zero-order chi connectivity index (χ0) is 20.0. The van der Waals surface area contributed by atoms with Gasteiger partial charge in [0.1, 0.15) is 4.75 Å². The van der Waals surface area contributed by atoms with Gasteiger partial charge in [-0.3, -0.25) is 0 Å². The smallest absolute Gasteiger partial charge is 0.336 e. The van der Waals surface area contributed by atoms with Gasteiger partial charge >= 0.3 is 5.97 Å². The first-order chi connectivity index (χ1) is 13.6. The van der Waals surface area contributed by atoms with E-state index < -0.39 is 16.8 Å². The summed E-state index contributed by atoms with van der Waals surface area (Å²) in [6.45, 7) is 0. The lowest BCUT2D eigenvalue weighted by Crippen LogP contribution is -2.44. The second-order valence-corrected chi connectivity index (χ2v) is 7.97. The minimum Gasteiger partial charge on any atom is -0.467 e. The van der Waals surface area contributed by atoms with E-state index in [0.29, 0.717) is 10.8 Å². The number of benzene rings is 3. The lowest BCUT2D eigenvalue weighted by atomic mass is 9.85. The van der Waals surface area contributed by atoms with Gasteiger partial charge in [0.25, 0.3) is 0 Å². The summed E-state index contributed by atoms with van der Waals surface area (Å²) in [5.74, 6) is -0.0776. The van der Waals surface area contributed by atoms with Gasteiger partial charge in [-0.15, -0.1) is 11.8 Å². The third kappa shape index (κ3) is 4.25. The summed E-state index contributed by atoms with van der Waals surface area (Å²) in [6.07, 6.45) is -1.39. The predicted octanol–water partition coefficient (Wildman–Crippen LogP) is 5.05. The maximum Gasteiger partial charge on any atom is 0.336 e. The fourth-order valence-electron chi connectivity index (χ4n) is 3.16. The zero-order valence-electron chi connectivity index (χ0n) is 15.4. The van der Waals surface area contributed by atoms with E-state index in [1.54, 1.807) is 12.1 Å². The highest BCUT2D eigenvalue weighted by atomic mass is 35.5. The van der Waals surface area contributed by atoms with Crippen LogP contribution in [-0.2, 0) is 20.0 Å². The molecule has 144 valence electrons. The molecule has 0 aliphatic heterocycles. The van der Waals surface area contributed by atoms with Crippen molar-refractivity contribution in [3.05, 3.63) is 107 Å². The van der Waals surface area contributed by atoms with Crippen molar-refractivity contribution in [3.63, 3.8) is 0 Å².